The number of halogens is 1. The molecule has 36 heavy (non-hydrogen) atoms. The number of aromatic hydroxyl groups is 1. The Bertz CT molecular complexity index is 1340. The fourth-order valence-corrected chi connectivity index (χ4v) is 3.77. The van der Waals surface area contributed by atoms with Gasteiger partial charge in [0.05, 0.1) is 12.0 Å². The number of rotatable bonds is 10. The number of benzene rings is 1. The number of carbonyl (C=O) groups excluding carboxylic acids is 2. The number of nitrogens with zero attached hydrogens (tertiary/aromatic N) is 1. The van der Waals surface area contributed by atoms with Crippen LogP contribution in [0.3, 0.4) is 0 Å². The molecular formula is C25H23FN2O7S. The van der Waals surface area contributed by atoms with E-state index in [2.05, 4.69) is 15.0 Å². The van der Waals surface area contributed by atoms with Gasteiger partial charge < -0.3 is 19.0 Å². The topological polar surface area (TPSA) is 128 Å². The Morgan fingerprint density at radius 3 is 2.72 bits per heavy atom. The highest BCUT2D eigenvalue weighted by Gasteiger charge is 2.20. The Morgan fingerprint density at radius 1 is 1.28 bits per heavy atom. The van der Waals surface area contributed by atoms with Gasteiger partial charge in [-0.3, -0.25) is 10.1 Å². The SMILES string of the molecule is COC(=O)N/C=C/CCCc1cc(O)c(C(=O)/C(C)=C/c2cnc(Oc3ccc(F)cc3)s2)c(=O)o1. The Kier molecular flexibility index (Phi) is 9.12. The van der Waals surface area contributed by atoms with Gasteiger partial charge >= 0.3 is 11.7 Å². The lowest BCUT2D eigenvalue weighted by Gasteiger charge is -2.05. The number of aryl methyl sites for hydroxylation is 1. The van der Waals surface area contributed by atoms with E-state index in [9.17, 15) is 23.9 Å². The maximum absolute atomic E-state index is 13.0. The molecule has 2 heterocycles. The van der Waals surface area contributed by atoms with Crippen molar-refractivity contribution in [3.63, 3.8) is 0 Å². The lowest BCUT2D eigenvalue weighted by atomic mass is 10.0. The first-order chi connectivity index (χ1) is 17.3. The van der Waals surface area contributed by atoms with Gasteiger partial charge in [-0.25, -0.2) is 19.0 Å². The number of amides is 1. The summed E-state index contributed by atoms with van der Waals surface area (Å²) in [6.45, 7) is 1.50. The van der Waals surface area contributed by atoms with Crippen LogP contribution < -0.4 is 15.7 Å². The molecule has 0 aliphatic heterocycles. The molecule has 3 rings (SSSR count). The molecule has 0 bridgehead atoms. The Labute approximate surface area is 209 Å². The number of ether oxygens (including phenoxy) is 2. The van der Waals surface area contributed by atoms with Crippen LogP contribution in [0.4, 0.5) is 9.18 Å². The summed E-state index contributed by atoms with van der Waals surface area (Å²) in [7, 11) is 1.26. The lowest BCUT2D eigenvalue weighted by molar-refractivity contribution is 0.102. The van der Waals surface area contributed by atoms with Crippen LogP contribution in [0.15, 0.2) is 63.6 Å². The summed E-state index contributed by atoms with van der Waals surface area (Å²) in [6, 6.07) is 6.70. The molecule has 0 spiro atoms. The smallest absolute Gasteiger partial charge is 0.410 e. The first kappa shape index (κ1) is 26.4. The molecule has 0 unspecified atom stereocenters. The maximum Gasteiger partial charge on any atom is 0.410 e. The Morgan fingerprint density at radius 2 is 2.03 bits per heavy atom. The summed E-state index contributed by atoms with van der Waals surface area (Å²) in [4.78, 5) is 40.9. The van der Waals surface area contributed by atoms with Crippen molar-refractivity contribution in [2.45, 2.75) is 26.2 Å². The third-order valence-corrected chi connectivity index (χ3v) is 5.57. The predicted molar refractivity (Wildman–Crippen MR) is 131 cm³/mol. The predicted octanol–water partition coefficient (Wildman–Crippen LogP) is 5.21. The average molecular weight is 515 g/mol. The fraction of sp³-hybridized carbons (Fsp3) is 0.200. The van der Waals surface area contributed by atoms with Crippen LogP contribution in [0, 0.1) is 5.82 Å². The number of alkyl carbamates (subject to hydrolysis) is 1. The third kappa shape index (κ3) is 7.37. The van der Waals surface area contributed by atoms with Crippen molar-refractivity contribution < 1.29 is 33.0 Å². The van der Waals surface area contributed by atoms with Crippen molar-refractivity contribution in [1.29, 1.82) is 0 Å². The molecule has 2 aromatic heterocycles. The number of nitrogens with one attached hydrogen (secondary N) is 1. The molecule has 3 aromatic rings. The minimum atomic E-state index is -0.935. The van der Waals surface area contributed by atoms with Gasteiger partial charge in [0.2, 0.25) is 0 Å². The zero-order valence-electron chi connectivity index (χ0n) is 19.4. The summed E-state index contributed by atoms with van der Waals surface area (Å²) in [5, 5.41) is 13.0. The van der Waals surface area contributed by atoms with Crippen molar-refractivity contribution in [2.24, 2.45) is 0 Å². The number of methoxy groups -OCH3 is 1. The van der Waals surface area contributed by atoms with Gasteiger partial charge in [0.15, 0.2) is 5.78 Å². The van der Waals surface area contributed by atoms with Crippen LogP contribution in [0.25, 0.3) is 6.08 Å². The summed E-state index contributed by atoms with van der Waals surface area (Å²) in [5.74, 6) is -0.895. The number of unbranched alkanes of at least 4 members (excludes halogenated alkanes) is 1. The fourth-order valence-electron chi connectivity index (χ4n) is 2.99. The van der Waals surface area contributed by atoms with Gasteiger partial charge in [0.25, 0.3) is 5.19 Å². The van der Waals surface area contributed by atoms with Gasteiger partial charge in [-0.1, -0.05) is 17.4 Å². The normalized spacial score (nSPS) is 11.5. The molecule has 1 aromatic carbocycles. The van der Waals surface area contributed by atoms with E-state index >= 15 is 0 Å². The number of Topliss-reactive ketones (excluding diaryl/α,β-unsaturated/α-hetero) is 1. The number of ketones is 1. The molecular weight excluding hydrogens is 491 g/mol. The first-order valence-electron chi connectivity index (χ1n) is 10.7. The minimum absolute atomic E-state index is 0.186. The van der Waals surface area contributed by atoms with Crippen molar-refractivity contribution >= 4 is 29.3 Å². The molecule has 0 atom stereocenters. The zero-order chi connectivity index (χ0) is 26.1. The second-order valence-electron chi connectivity index (χ2n) is 7.43. The summed E-state index contributed by atoms with van der Waals surface area (Å²) in [5.41, 5.74) is -1.21. The van der Waals surface area contributed by atoms with Crippen LogP contribution in [-0.4, -0.2) is 29.1 Å². The van der Waals surface area contributed by atoms with E-state index in [0.29, 0.717) is 29.9 Å². The van der Waals surface area contributed by atoms with Crippen LogP contribution in [0.5, 0.6) is 16.7 Å². The Balaban J connectivity index is 1.63. The largest absolute Gasteiger partial charge is 0.507 e. The van der Waals surface area contributed by atoms with Gasteiger partial charge in [-0.2, -0.15) is 0 Å². The maximum atomic E-state index is 13.0. The molecule has 2 N–H and O–H groups in total. The molecule has 0 saturated carbocycles. The van der Waals surface area contributed by atoms with Crippen LogP contribution in [-0.2, 0) is 11.2 Å². The number of aromatic nitrogens is 1. The van der Waals surface area contributed by atoms with Gasteiger partial charge in [-0.15, -0.1) is 0 Å². The van der Waals surface area contributed by atoms with E-state index in [1.54, 1.807) is 6.08 Å². The van der Waals surface area contributed by atoms with Crippen molar-refractivity contribution in [3.05, 3.63) is 86.8 Å². The molecule has 1 amide bonds. The third-order valence-electron chi connectivity index (χ3n) is 4.75. The van der Waals surface area contributed by atoms with Gasteiger partial charge in [0, 0.05) is 24.9 Å². The first-order valence-corrected chi connectivity index (χ1v) is 11.6. The van der Waals surface area contributed by atoms with E-state index < -0.39 is 28.8 Å². The quantitative estimate of drug-likeness (QED) is 0.214. The van der Waals surface area contributed by atoms with Crippen LogP contribution in [0.1, 0.15) is 40.8 Å². The number of allylic oxidation sites excluding steroid dienone is 2. The van der Waals surface area contributed by atoms with Gasteiger partial charge in [0.1, 0.15) is 28.6 Å². The molecule has 188 valence electrons. The van der Waals surface area contributed by atoms with Crippen molar-refractivity contribution in [2.75, 3.05) is 7.11 Å². The van der Waals surface area contributed by atoms with Crippen LogP contribution in [0.2, 0.25) is 0 Å². The molecule has 0 saturated heterocycles. The van der Waals surface area contributed by atoms with Crippen molar-refractivity contribution in [3.8, 4) is 16.7 Å². The number of thiazole rings is 1. The molecule has 9 nitrogen and oxygen atoms in total. The standard InChI is InChI=1S/C25H23FN2O7S/c1-15(12-19-14-28-25(36-19)35-17-9-7-16(26)8-10-17)22(30)21-20(29)13-18(34-23(21)31)6-4-3-5-11-27-24(32)33-2/h5,7-14,29H,3-4,6H2,1-2H3,(H,27,32)/b11-5+,15-12+. The second-order valence-corrected chi connectivity index (χ2v) is 8.46. The molecule has 0 aliphatic carbocycles. The molecule has 0 radical (unpaired) electrons. The number of hydrogen-bond donors (Lipinski definition) is 2. The highest BCUT2D eigenvalue weighted by molar-refractivity contribution is 7.14. The molecule has 0 fully saturated rings. The van der Waals surface area contributed by atoms with E-state index in [1.807, 2.05) is 0 Å². The van der Waals surface area contributed by atoms with E-state index in [-0.39, 0.29) is 22.3 Å². The zero-order valence-corrected chi connectivity index (χ0v) is 20.3. The Hall–Kier alpha value is -4.25. The molecule has 11 heteroatoms. The van der Waals surface area contributed by atoms with E-state index in [0.717, 1.165) is 11.3 Å². The minimum Gasteiger partial charge on any atom is -0.507 e. The molecule has 0 aliphatic rings. The van der Waals surface area contributed by atoms with Gasteiger partial charge in [-0.05, 0) is 55.7 Å². The summed E-state index contributed by atoms with van der Waals surface area (Å²) < 4.78 is 28.2. The van der Waals surface area contributed by atoms with Crippen LogP contribution >= 0.6 is 11.3 Å². The van der Waals surface area contributed by atoms with E-state index in [4.69, 9.17) is 9.15 Å². The monoisotopic (exact) mass is 514 g/mol. The second kappa shape index (κ2) is 12.5. The average Bonchev–Trinajstić information content (AvgIpc) is 3.28. The summed E-state index contributed by atoms with van der Waals surface area (Å²) in [6.07, 6.45) is 7.04. The number of hydrogen-bond acceptors (Lipinski definition) is 9. The number of carbonyl (C=O) groups is 2. The summed E-state index contributed by atoms with van der Waals surface area (Å²) >= 11 is 1.15. The lowest BCUT2D eigenvalue weighted by Crippen LogP contribution is -2.16. The van der Waals surface area contributed by atoms with Crippen molar-refractivity contribution in [1.82, 2.24) is 10.3 Å². The highest BCUT2D eigenvalue weighted by Crippen LogP contribution is 2.28. The van der Waals surface area contributed by atoms with E-state index in [1.165, 1.54) is 62.8 Å². The highest BCUT2D eigenvalue weighted by atomic mass is 32.1.